The van der Waals surface area contributed by atoms with E-state index in [0.717, 1.165) is 10.7 Å². The van der Waals surface area contributed by atoms with Gasteiger partial charge in [-0.15, -0.1) is 0 Å². The molecule has 24 heavy (non-hydrogen) atoms. The number of urea groups is 1. The lowest BCUT2D eigenvalue weighted by molar-refractivity contribution is 0.246. The van der Waals surface area contributed by atoms with Crippen molar-refractivity contribution in [3.8, 4) is 11.6 Å². The van der Waals surface area contributed by atoms with Gasteiger partial charge in [0.1, 0.15) is 12.4 Å². The number of anilines is 1. The third-order valence-corrected chi connectivity index (χ3v) is 3.24. The molecule has 2 rings (SSSR count). The van der Waals surface area contributed by atoms with Crippen molar-refractivity contribution in [3.63, 3.8) is 0 Å². The molecule has 2 aromatic rings. The predicted molar refractivity (Wildman–Crippen MR) is 90.3 cm³/mol. The van der Waals surface area contributed by atoms with Gasteiger partial charge in [0.25, 0.3) is 0 Å². The number of nitrogens with zero attached hydrogens (tertiary/aromatic N) is 2. The zero-order valence-electron chi connectivity index (χ0n) is 13.7. The topological polar surface area (TPSA) is 116 Å². The molecule has 0 fully saturated rings. The first-order valence-corrected chi connectivity index (χ1v) is 7.43. The molecule has 0 saturated heterocycles. The standard InChI is InChI=1S/C16H21N5O3/c1-3-23-14-8-5-7-13(21(18)16(22)20-17)12(14)10-24-15-9-4-6-11(2)19-15/h4-9H,3,10,17-18H2,1-2H3,(H,20,22). The van der Waals surface area contributed by atoms with E-state index in [1.165, 1.54) is 0 Å². The molecule has 0 atom stereocenters. The van der Waals surface area contributed by atoms with Crippen LogP contribution in [-0.4, -0.2) is 17.6 Å². The highest BCUT2D eigenvalue weighted by Gasteiger charge is 2.18. The van der Waals surface area contributed by atoms with E-state index in [1.54, 1.807) is 24.3 Å². The summed E-state index contributed by atoms with van der Waals surface area (Å²) in [5, 5.41) is 0.908. The number of nitrogens with one attached hydrogen (secondary N) is 1. The molecule has 0 spiro atoms. The summed E-state index contributed by atoms with van der Waals surface area (Å²) < 4.78 is 11.3. The third kappa shape index (κ3) is 4.12. The van der Waals surface area contributed by atoms with E-state index in [2.05, 4.69) is 4.98 Å². The van der Waals surface area contributed by atoms with Crippen molar-refractivity contribution in [2.45, 2.75) is 20.5 Å². The second-order valence-electron chi connectivity index (χ2n) is 4.91. The summed E-state index contributed by atoms with van der Waals surface area (Å²) in [4.78, 5) is 16.0. The Balaban J connectivity index is 2.32. The van der Waals surface area contributed by atoms with Crippen LogP contribution in [0.1, 0.15) is 18.2 Å². The number of carbonyl (C=O) groups is 1. The second-order valence-corrected chi connectivity index (χ2v) is 4.91. The Kier molecular flexibility index (Phi) is 5.94. The van der Waals surface area contributed by atoms with Gasteiger partial charge in [0.15, 0.2) is 0 Å². The van der Waals surface area contributed by atoms with Crippen molar-refractivity contribution in [2.75, 3.05) is 11.6 Å². The lowest BCUT2D eigenvalue weighted by atomic mass is 10.1. The number of pyridine rings is 1. The van der Waals surface area contributed by atoms with Crippen molar-refractivity contribution in [3.05, 3.63) is 47.7 Å². The van der Waals surface area contributed by atoms with Crippen LogP contribution >= 0.6 is 0 Å². The minimum atomic E-state index is -0.654. The highest BCUT2D eigenvalue weighted by atomic mass is 16.5. The fraction of sp³-hybridized carbons (Fsp3) is 0.250. The van der Waals surface area contributed by atoms with Gasteiger partial charge < -0.3 is 9.47 Å². The number of aromatic nitrogens is 1. The number of carbonyl (C=O) groups excluding carboxylic acids is 1. The quantitative estimate of drug-likeness (QED) is 0.421. The molecule has 0 aliphatic carbocycles. The van der Waals surface area contributed by atoms with Gasteiger partial charge in [-0.3, -0.25) is 5.43 Å². The summed E-state index contributed by atoms with van der Waals surface area (Å²) in [5.41, 5.74) is 3.88. The number of benzene rings is 1. The van der Waals surface area contributed by atoms with Crippen LogP contribution in [0.15, 0.2) is 36.4 Å². The summed E-state index contributed by atoms with van der Waals surface area (Å²) in [7, 11) is 0. The average Bonchev–Trinajstić information content (AvgIpc) is 2.59. The second kappa shape index (κ2) is 8.14. The van der Waals surface area contributed by atoms with Crippen LogP contribution in [-0.2, 0) is 6.61 Å². The molecule has 5 N–H and O–H groups in total. The number of hydrogen-bond acceptors (Lipinski definition) is 6. The molecule has 0 aliphatic rings. The van der Waals surface area contributed by atoms with Gasteiger partial charge in [0, 0.05) is 11.8 Å². The molecule has 1 aromatic carbocycles. The van der Waals surface area contributed by atoms with Crippen LogP contribution in [0.4, 0.5) is 10.5 Å². The van der Waals surface area contributed by atoms with E-state index in [9.17, 15) is 4.79 Å². The Bertz CT molecular complexity index is 708. The normalized spacial score (nSPS) is 10.2. The number of rotatable bonds is 6. The molecule has 0 bridgehead atoms. The van der Waals surface area contributed by atoms with Gasteiger partial charge in [-0.2, -0.15) is 0 Å². The van der Waals surface area contributed by atoms with Crippen LogP contribution in [0.5, 0.6) is 11.6 Å². The van der Waals surface area contributed by atoms with Crippen LogP contribution in [0.2, 0.25) is 0 Å². The van der Waals surface area contributed by atoms with Crippen LogP contribution in [0, 0.1) is 6.92 Å². The predicted octanol–water partition coefficient (Wildman–Crippen LogP) is 1.63. The average molecular weight is 331 g/mol. The molecule has 128 valence electrons. The smallest absolute Gasteiger partial charge is 0.350 e. The van der Waals surface area contributed by atoms with Crippen molar-refractivity contribution in [1.29, 1.82) is 0 Å². The summed E-state index contributed by atoms with van der Waals surface area (Å²) in [6.07, 6.45) is 0. The summed E-state index contributed by atoms with van der Waals surface area (Å²) in [6.45, 7) is 4.34. The molecular weight excluding hydrogens is 310 g/mol. The molecule has 8 nitrogen and oxygen atoms in total. The Morgan fingerprint density at radius 2 is 2.00 bits per heavy atom. The minimum absolute atomic E-state index is 0.132. The maximum absolute atomic E-state index is 11.7. The fourth-order valence-corrected chi connectivity index (χ4v) is 2.14. The lowest BCUT2D eigenvalue weighted by Gasteiger charge is -2.21. The van der Waals surface area contributed by atoms with Crippen molar-refractivity contribution in [2.24, 2.45) is 11.7 Å². The first kappa shape index (κ1) is 17.5. The Labute approximate surface area is 140 Å². The van der Waals surface area contributed by atoms with Gasteiger partial charge in [0.2, 0.25) is 5.88 Å². The van der Waals surface area contributed by atoms with Crippen molar-refractivity contribution in [1.82, 2.24) is 10.4 Å². The molecule has 0 radical (unpaired) electrons. The summed E-state index contributed by atoms with van der Waals surface area (Å²) in [6, 6.07) is 10.0. The number of hydrazine groups is 2. The molecule has 2 amide bonds. The van der Waals surface area contributed by atoms with E-state index in [1.807, 2.05) is 31.4 Å². The molecule has 1 aromatic heterocycles. The fourth-order valence-electron chi connectivity index (χ4n) is 2.14. The van der Waals surface area contributed by atoms with Gasteiger partial charge in [-0.25, -0.2) is 26.5 Å². The molecule has 0 aliphatic heterocycles. The molecule has 1 heterocycles. The zero-order chi connectivity index (χ0) is 17.5. The molecular formula is C16H21N5O3. The first-order chi connectivity index (χ1) is 11.6. The largest absolute Gasteiger partial charge is 0.493 e. The third-order valence-electron chi connectivity index (χ3n) is 3.24. The number of aryl methyl sites for hydroxylation is 1. The van der Waals surface area contributed by atoms with Crippen LogP contribution in [0.3, 0.4) is 0 Å². The van der Waals surface area contributed by atoms with Crippen molar-refractivity contribution < 1.29 is 14.3 Å². The number of amides is 2. The zero-order valence-corrected chi connectivity index (χ0v) is 13.7. The monoisotopic (exact) mass is 331 g/mol. The maximum atomic E-state index is 11.7. The summed E-state index contributed by atoms with van der Waals surface area (Å²) >= 11 is 0. The van der Waals surface area contributed by atoms with E-state index >= 15 is 0 Å². The maximum Gasteiger partial charge on any atom is 0.350 e. The number of ether oxygens (including phenoxy) is 2. The van der Waals surface area contributed by atoms with Gasteiger partial charge in [-0.1, -0.05) is 12.1 Å². The van der Waals surface area contributed by atoms with Gasteiger partial charge in [-0.05, 0) is 32.0 Å². The minimum Gasteiger partial charge on any atom is -0.493 e. The summed E-state index contributed by atoms with van der Waals surface area (Å²) in [5.74, 6) is 12.0. The van der Waals surface area contributed by atoms with Crippen molar-refractivity contribution >= 4 is 11.7 Å². The Morgan fingerprint density at radius 3 is 2.67 bits per heavy atom. The van der Waals surface area contributed by atoms with Gasteiger partial charge in [0.05, 0.1) is 17.9 Å². The molecule has 0 unspecified atom stereocenters. The van der Waals surface area contributed by atoms with E-state index in [0.29, 0.717) is 29.5 Å². The van der Waals surface area contributed by atoms with E-state index in [4.69, 9.17) is 21.2 Å². The SMILES string of the molecule is CCOc1cccc(N(N)C(=O)NN)c1COc1cccc(C)n1. The van der Waals surface area contributed by atoms with Crippen LogP contribution in [0.25, 0.3) is 0 Å². The molecule has 0 saturated carbocycles. The Morgan fingerprint density at radius 1 is 1.25 bits per heavy atom. The highest BCUT2D eigenvalue weighted by Crippen LogP contribution is 2.29. The van der Waals surface area contributed by atoms with E-state index < -0.39 is 6.03 Å². The first-order valence-electron chi connectivity index (χ1n) is 7.43. The molecule has 8 heteroatoms. The van der Waals surface area contributed by atoms with Crippen LogP contribution < -0.4 is 31.6 Å². The highest BCUT2D eigenvalue weighted by molar-refractivity contribution is 5.91. The van der Waals surface area contributed by atoms with Gasteiger partial charge >= 0.3 is 6.03 Å². The lowest BCUT2D eigenvalue weighted by Crippen LogP contribution is -2.48. The Hall–Kier alpha value is -2.84. The van der Waals surface area contributed by atoms with E-state index in [-0.39, 0.29) is 6.61 Å². The number of nitrogens with two attached hydrogens (primary N) is 2. The number of hydrogen-bond donors (Lipinski definition) is 3.